The van der Waals surface area contributed by atoms with E-state index in [4.69, 9.17) is 28.9 Å². The van der Waals surface area contributed by atoms with E-state index in [0.29, 0.717) is 10.0 Å². The van der Waals surface area contributed by atoms with Crippen molar-refractivity contribution >= 4 is 45.8 Å². The van der Waals surface area contributed by atoms with Crippen LogP contribution in [0.2, 0.25) is 10.0 Å². The zero-order valence-corrected chi connectivity index (χ0v) is 12.8. The first-order valence-corrected chi connectivity index (χ1v) is 6.98. The van der Waals surface area contributed by atoms with Gasteiger partial charge < -0.3 is 5.73 Å². The quantitative estimate of drug-likeness (QED) is 0.727. The lowest BCUT2D eigenvalue weighted by Crippen LogP contribution is -2.14. The Bertz CT molecular complexity index is 589. The Morgan fingerprint density at radius 1 is 1.06 bits per heavy atom. The molecule has 0 heterocycles. The predicted octanol–water partition coefficient (Wildman–Crippen LogP) is 4.79. The van der Waals surface area contributed by atoms with Gasteiger partial charge in [0.05, 0.1) is 6.04 Å². The molecule has 1 atom stereocenters. The first-order chi connectivity index (χ1) is 8.49. The second kappa shape index (κ2) is 5.74. The van der Waals surface area contributed by atoms with Gasteiger partial charge >= 0.3 is 0 Å². The van der Waals surface area contributed by atoms with Gasteiger partial charge in [-0.05, 0) is 64.0 Å². The van der Waals surface area contributed by atoms with Crippen molar-refractivity contribution in [3.05, 3.63) is 67.0 Å². The van der Waals surface area contributed by atoms with Gasteiger partial charge in [-0.15, -0.1) is 0 Å². The molecule has 5 heteroatoms. The number of benzene rings is 2. The van der Waals surface area contributed by atoms with Gasteiger partial charge in [-0.2, -0.15) is 0 Å². The Morgan fingerprint density at radius 2 is 1.78 bits per heavy atom. The van der Waals surface area contributed by atoms with Crippen LogP contribution in [0.25, 0.3) is 0 Å². The fourth-order valence-corrected chi connectivity index (χ4v) is 2.90. The lowest BCUT2D eigenvalue weighted by molar-refractivity contribution is 0.625. The zero-order valence-electron chi connectivity index (χ0n) is 9.13. The van der Waals surface area contributed by atoms with E-state index in [0.717, 1.165) is 14.7 Å². The molecular formula is C13H9Cl2FIN. The number of halogens is 4. The van der Waals surface area contributed by atoms with Gasteiger partial charge in [0, 0.05) is 13.6 Å². The summed E-state index contributed by atoms with van der Waals surface area (Å²) in [6.45, 7) is 0. The van der Waals surface area contributed by atoms with Crippen LogP contribution in [-0.4, -0.2) is 0 Å². The summed E-state index contributed by atoms with van der Waals surface area (Å²) < 4.78 is 13.8. The van der Waals surface area contributed by atoms with Crippen molar-refractivity contribution in [1.29, 1.82) is 0 Å². The van der Waals surface area contributed by atoms with Crippen molar-refractivity contribution in [1.82, 2.24) is 0 Å². The minimum atomic E-state index is -0.427. The fourth-order valence-electron chi connectivity index (χ4n) is 1.67. The van der Waals surface area contributed by atoms with Gasteiger partial charge in [-0.1, -0.05) is 29.3 Å². The lowest BCUT2D eigenvalue weighted by Gasteiger charge is -2.16. The summed E-state index contributed by atoms with van der Waals surface area (Å²) in [5, 5.41) is 1.12. The van der Waals surface area contributed by atoms with E-state index in [-0.39, 0.29) is 5.82 Å². The average molecular weight is 396 g/mol. The molecule has 0 amide bonds. The Morgan fingerprint density at radius 3 is 2.44 bits per heavy atom. The summed E-state index contributed by atoms with van der Waals surface area (Å²) >= 11 is 14.1. The zero-order chi connectivity index (χ0) is 13.3. The van der Waals surface area contributed by atoms with Crippen LogP contribution in [0.1, 0.15) is 17.2 Å². The molecule has 2 rings (SSSR count). The van der Waals surface area contributed by atoms with Crippen LogP contribution in [0.15, 0.2) is 36.4 Å². The predicted molar refractivity (Wildman–Crippen MR) is 81.6 cm³/mol. The molecule has 2 aromatic rings. The van der Waals surface area contributed by atoms with Crippen molar-refractivity contribution < 1.29 is 4.39 Å². The molecule has 2 aromatic carbocycles. The molecule has 0 saturated carbocycles. The fraction of sp³-hybridized carbons (Fsp3) is 0.0769. The van der Waals surface area contributed by atoms with Crippen LogP contribution in [-0.2, 0) is 0 Å². The smallest absolute Gasteiger partial charge is 0.124 e. The molecule has 0 bridgehead atoms. The maximum absolute atomic E-state index is 13.1. The van der Waals surface area contributed by atoms with Crippen LogP contribution < -0.4 is 5.73 Å². The Hall–Kier alpha value is -0.360. The molecule has 0 fully saturated rings. The molecule has 0 aliphatic carbocycles. The van der Waals surface area contributed by atoms with Crippen LogP contribution >= 0.6 is 45.8 Å². The standard InChI is InChI=1S/C13H9Cl2FIN/c14-7-1-4-11(15)10(5-7)13(18)9-3-2-8(16)6-12(9)17/h1-6,13H,18H2. The first-order valence-electron chi connectivity index (χ1n) is 5.14. The average Bonchev–Trinajstić information content (AvgIpc) is 2.31. The highest BCUT2D eigenvalue weighted by Crippen LogP contribution is 2.31. The minimum absolute atomic E-state index is 0.285. The molecule has 18 heavy (non-hydrogen) atoms. The van der Waals surface area contributed by atoms with Crippen LogP contribution in [0.5, 0.6) is 0 Å². The number of hydrogen-bond donors (Lipinski definition) is 1. The van der Waals surface area contributed by atoms with E-state index in [1.807, 2.05) is 0 Å². The monoisotopic (exact) mass is 395 g/mol. The third-order valence-corrected chi connectivity index (χ3v) is 4.10. The largest absolute Gasteiger partial charge is 0.320 e. The highest BCUT2D eigenvalue weighted by atomic mass is 127. The summed E-state index contributed by atoms with van der Waals surface area (Å²) in [6, 6.07) is 9.20. The number of rotatable bonds is 2. The summed E-state index contributed by atoms with van der Waals surface area (Å²) in [6.07, 6.45) is 0. The van der Waals surface area contributed by atoms with E-state index in [2.05, 4.69) is 22.6 Å². The normalized spacial score (nSPS) is 12.5. The van der Waals surface area contributed by atoms with Crippen LogP contribution in [0.3, 0.4) is 0 Å². The Kier molecular flexibility index (Phi) is 4.48. The summed E-state index contributed by atoms with van der Waals surface area (Å²) in [7, 11) is 0. The van der Waals surface area contributed by atoms with E-state index in [1.54, 1.807) is 24.3 Å². The molecular weight excluding hydrogens is 387 g/mol. The maximum Gasteiger partial charge on any atom is 0.124 e. The first kappa shape index (κ1) is 14.1. The van der Waals surface area contributed by atoms with Crippen LogP contribution in [0.4, 0.5) is 4.39 Å². The van der Waals surface area contributed by atoms with Crippen molar-refractivity contribution in [2.24, 2.45) is 5.73 Å². The third kappa shape index (κ3) is 2.96. The third-order valence-electron chi connectivity index (χ3n) is 2.59. The van der Waals surface area contributed by atoms with Gasteiger partial charge in [-0.3, -0.25) is 0 Å². The molecule has 2 N–H and O–H groups in total. The molecule has 94 valence electrons. The molecule has 0 spiro atoms. The second-order valence-corrected chi connectivity index (χ2v) is 5.82. The highest BCUT2D eigenvalue weighted by molar-refractivity contribution is 14.1. The van der Waals surface area contributed by atoms with Crippen molar-refractivity contribution in [2.45, 2.75) is 6.04 Å². The molecule has 0 aromatic heterocycles. The van der Waals surface area contributed by atoms with Crippen LogP contribution in [0, 0.1) is 9.39 Å². The topological polar surface area (TPSA) is 26.0 Å². The molecule has 1 nitrogen and oxygen atoms in total. The summed E-state index contributed by atoms with van der Waals surface area (Å²) in [5.74, 6) is -0.285. The molecule has 0 aliphatic rings. The van der Waals surface area contributed by atoms with Gasteiger partial charge in [0.15, 0.2) is 0 Å². The minimum Gasteiger partial charge on any atom is -0.320 e. The second-order valence-electron chi connectivity index (χ2n) is 3.81. The maximum atomic E-state index is 13.1. The molecule has 1 unspecified atom stereocenters. The van der Waals surface area contributed by atoms with Gasteiger partial charge in [-0.25, -0.2) is 4.39 Å². The van der Waals surface area contributed by atoms with Gasteiger partial charge in [0.2, 0.25) is 0 Å². The van der Waals surface area contributed by atoms with E-state index >= 15 is 0 Å². The lowest BCUT2D eigenvalue weighted by atomic mass is 9.99. The Labute approximate surface area is 128 Å². The van der Waals surface area contributed by atoms with Crippen molar-refractivity contribution in [3.8, 4) is 0 Å². The number of hydrogen-bond acceptors (Lipinski definition) is 1. The van der Waals surface area contributed by atoms with E-state index in [9.17, 15) is 4.39 Å². The summed E-state index contributed by atoms with van der Waals surface area (Å²) in [4.78, 5) is 0. The van der Waals surface area contributed by atoms with Crippen molar-refractivity contribution in [3.63, 3.8) is 0 Å². The van der Waals surface area contributed by atoms with Crippen molar-refractivity contribution in [2.75, 3.05) is 0 Å². The SMILES string of the molecule is NC(c1cc(Cl)ccc1Cl)c1ccc(F)cc1I. The molecule has 0 radical (unpaired) electrons. The highest BCUT2D eigenvalue weighted by Gasteiger charge is 2.16. The summed E-state index contributed by atoms with van der Waals surface area (Å²) in [5.41, 5.74) is 7.72. The molecule has 0 saturated heterocycles. The van der Waals surface area contributed by atoms with E-state index < -0.39 is 6.04 Å². The van der Waals surface area contributed by atoms with Gasteiger partial charge in [0.25, 0.3) is 0 Å². The Balaban J connectivity index is 2.47. The number of nitrogens with two attached hydrogens (primary N) is 1. The van der Waals surface area contributed by atoms with Gasteiger partial charge in [0.1, 0.15) is 5.82 Å². The van der Waals surface area contributed by atoms with E-state index in [1.165, 1.54) is 12.1 Å². The molecule has 0 aliphatic heterocycles.